The van der Waals surface area contributed by atoms with Crippen LogP contribution in [0, 0.1) is 0 Å². The summed E-state index contributed by atoms with van der Waals surface area (Å²) in [6.07, 6.45) is 2.71. The second kappa shape index (κ2) is 12.1. The SMILES string of the molecule is COc1ccc(CN(CCc2c[nH]c3ccccc23)C(=O)CN(C(=O)c2ccc(Br)cc2)C(C)C)cc1. The normalized spacial score (nSPS) is 11.1. The molecule has 0 aliphatic carbocycles. The van der Waals surface area contributed by atoms with Crippen LogP contribution >= 0.6 is 15.9 Å². The maximum absolute atomic E-state index is 13.7. The Morgan fingerprint density at radius 2 is 1.68 bits per heavy atom. The van der Waals surface area contributed by atoms with E-state index in [1.807, 2.05) is 79.5 Å². The van der Waals surface area contributed by atoms with Gasteiger partial charge >= 0.3 is 0 Å². The molecule has 0 atom stereocenters. The Labute approximate surface area is 226 Å². The van der Waals surface area contributed by atoms with Gasteiger partial charge in [-0.25, -0.2) is 0 Å². The second-order valence-corrected chi connectivity index (χ2v) is 10.2. The number of ether oxygens (including phenoxy) is 1. The third-order valence-electron chi connectivity index (χ3n) is 6.49. The Balaban J connectivity index is 1.54. The Kier molecular flexibility index (Phi) is 8.66. The van der Waals surface area contributed by atoms with Crippen LogP contribution in [0.5, 0.6) is 5.75 Å². The number of methoxy groups -OCH3 is 1. The van der Waals surface area contributed by atoms with Crippen molar-refractivity contribution in [3.63, 3.8) is 0 Å². The first-order chi connectivity index (χ1) is 17.9. The standard InChI is InChI=1S/C30H32BrN3O3/c1-21(2)34(30(36)23-10-12-25(31)13-11-23)20-29(35)33(19-22-8-14-26(37-3)15-9-22)17-16-24-18-32-28-7-5-4-6-27(24)28/h4-15,18,21,32H,16-17,19-20H2,1-3H3. The average molecular weight is 563 g/mol. The highest BCUT2D eigenvalue weighted by molar-refractivity contribution is 9.10. The van der Waals surface area contributed by atoms with Gasteiger partial charge in [0.2, 0.25) is 5.91 Å². The molecule has 37 heavy (non-hydrogen) atoms. The number of nitrogens with zero attached hydrogens (tertiary/aromatic N) is 2. The van der Waals surface area contributed by atoms with Gasteiger partial charge in [0.15, 0.2) is 0 Å². The maximum atomic E-state index is 13.7. The van der Waals surface area contributed by atoms with Crippen molar-refractivity contribution in [1.82, 2.24) is 14.8 Å². The summed E-state index contributed by atoms with van der Waals surface area (Å²) in [5.74, 6) is 0.526. The van der Waals surface area contributed by atoms with E-state index in [0.29, 0.717) is 25.1 Å². The zero-order valence-corrected chi connectivity index (χ0v) is 23.0. The zero-order chi connectivity index (χ0) is 26.4. The molecular weight excluding hydrogens is 530 g/mol. The van der Waals surface area contributed by atoms with Crippen LogP contribution < -0.4 is 4.74 Å². The van der Waals surface area contributed by atoms with Crippen molar-refractivity contribution in [1.29, 1.82) is 0 Å². The number of carbonyl (C=O) groups excluding carboxylic acids is 2. The summed E-state index contributed by atoms with van der Waals surface area (Å²) in [6.45, 7) is 4.86. The summed E-state index contributed by atoms with van der Waals surface area (Å²) in [7, 11) is 1.63. The molecule has 1 heterocycles. The predicted molar refractivity (Wildman–Crippen MR) is 151 cm³/mol. The number of nitrogens with one attached hydrogen (secondary N) is 1. The second-order valence-electron chi connectivity index (χ2n) is 9.31. The summed E-state index contributed by atoms with van der Waals surface area (Å²) in [5.41, 5.74) is 3.81. The van der Waals surface area contributed by atoms with Crippen LogP contribution in [-0.2, 0) is 17.8 Å². The summed E-state index contributed by atoms with van der Waals surface area (Å²) < 4.78 is 6.18. The third-order valence-corrected chi connectivity index (χ3v) is 7.02. The molecule has 4 rings (SSSR count). The third kappa shape index (κ3) is 6.60. The summed E-state index contributed by atoms with van der Waals surface area (Å²) in [6, 6.07) is 23.0. The van der Waals surface area contributed by atoms with E-state index >= 15 is 0 Å². The molecule has 0 spiro atoms. The quantitative estimate of drug-likeness (QED) is 0.256. The number of aromatic amines is 1. The van der Waals surface area contributed by atoms with E-state index in [2.05, 4.69) is 27.0 Å². The predicted octanol–water partition coefficient (Wildman–Crippen LogP) is 6.06. The van der Waals surface area contributed by atoms with Crippen LogP contribution in [0.15, 0.2) is 83.5 Å². The molecular formula is C30H32BrN3O3. The summed E-state index contributed by atoms with van der Waals surface area (Å²) in [4.78, 5) is 33.8. The minimum Gasteiger partial charge on any atom is -0.497 e. The first kappa shape index (κ1) is 26.5. The van der Waals surface area contributed by atoms with E-state index in [4.69, 9.17) is 4.74 Å². The monoisotopic (exact) mass is 561 g/mol. The first-order valence-corrected chi connectivity index (χ1v) is 13.2. The molecule has 0 unspecified atom stereocenters. The van der Waals surface area contributed by atoms with Gasteiger partial charge < -0.3 is 19.5 Å². The highest BCUT2D eigenvalue weighted by atomic mass is 79.9. The lowest BCUT2D eigenvalue weighted by Gasteiger charge is -2.30. The Hall–Kier alpha value is -3.58. The number of amides is 2. The Morgan fingerprint density at radius 1 is 0.973 bits per heavy atom. The molecule has 3 aromatic carbocycles. The zero-order valence-electron chi connectivity index (χ0n) is 21.4. The van der Waals surface area contributed by atoms with Crippen molar-refractivity contribution in [3.8, 4) is 5.75 Å². The first-order valence-electron chi connectivity index (χ1n) is 12.4. The van der Waals surface area contributed by atoms with Gasteiger partial charge in [-0.1, -0.05) is 46.3 Å². The molecule has 0 saturated heterocycles. The highest BCUT2D eigenvalue weighted by Crippen LogP contribution is 2.20. The molecule has 6 nitrogen and oxygen atoms in total. The molecule has 192 valence electrons. The highest BCUT2D eigenvalue weighted by Gasteiger charge is 2.25. The lowest BCUT2D eigenvalue weighted by molar-refractivity contribution is -0.132. The smallest absolute Gasteiger partial charge is 0.254 e. The molecule has 7 heteroatoms. The van der Waals surface area contributed by atoms with Crippen LogP contribution in [0.3, 0.4) is 0 Å². The molecule has 0 saturated carbocycles. The van der Waals surface area contributed by atoms with Crippen molar-refractivity contribution in [3.05, 3.63) is 100 Å². The fourth-order valence-corrected chi connectivity index (χ4v) is 4.59. The van der Waals surface area contributed by atoms with Crippen LogP contribution in [0.4, 0.5) is 0 Å². The van der Waals surface area contributed by atoms with Gasteiger partial charge in [0, 0.05) is 46.3 Å². The van der Waals surface area contributed by atoms with Gasteiger partial charge in [-0.2, -0.15) is 0 Å². The maximum Gasteiger partial charge on any atom is 0.254 e. The van der Waals surface area contributed by atoms with Crippen LogP contribution in [0.2, 0.25) is 0 Å². The number of hydrogen-bond acceptors (Lipinski definition) is 3. The van der Waals surface area contributed by atoms with E-state index in [9.17, 15) is 9.59 Å². The fraction of sp³-hybridized carbons (Fsp3) is 0.267. The molecule has 1 N–H and O–H groups in total. The Bertz CT molecular complexity index is 1350. The summed E-state index contributed by atoms with van der Waals surface area (Å²) in [5, 5.41) is 1.16. The number of hydrogen-bond donors (Lipinski definition) is 1. The Morgan fingerprint density at radius 3 is 2.35 bits per heavy atom. The fourth-order valence-electron chi connectivity index (χ4n) is 4.33. The molecule has 0 aliphatic heterocycles. The van der Waals surface area contributed by atoms with Gasteiger partial charge in [-0.15, -0.1) is 0 Å². The topological polar surface area (TPSA) is 65.6 Å². The van der Waals surface area contributed by atoms with Gasteiger partial charge in [0.25, 0.3) is 5.91 Å². The summed E-state index contributed by atoms with van der Waals surface area (Å²) >= 11 is 3.41. The molecule has 0 fully saturated rings. The van der Waals surface area contributed by atoms with Gasteiger partial charge in [0.1, 0.15) is 12.3 Å². The van der Waals surface area contributed by atoms with E-state index in [-0.39, 0.29) is 24.4 Å². The lowest BCUT2D eigenvalue weighted by Crippen LogP contribution is -2.46. The van der Waals surface area contributed by atoms with Crippen molar-refractivity contribution in [2.75, 3.05) is 20.2 Å². The number of para-hydroxylation sites is 1. The molecule has 0 aliphatic rings. The number of aromatic nitrogens is 1. The van der Waals surface area contributed by atoms with Gasteiger partial charge in [0.05, 0.1) is 7.11 Å². The van der Waals surface area contributed by atoms with Crippen molar-refractivity contribution >= 4 is 38.6 Å². The number of halogens is 1. The molecule has 4 aromatic rings. The van der Waals surface area contributed by atoms with Crippen molar-refractivity contribution < 1.29 is 14.3 Å². The van der Waals surface area contributed by atoms with Gasteiger partial charge in [-0.3, -0.25) is 9.59 Å². The number of carbonyl (C=O) groups is 2. The van der Waals surface area contributed by atoms with E-state index < -0.39 is 0 Å². The minimum absolute atomic E-state index is 0.0105. The van der Waals surface area contributed by atoms with Crippen molar-refractivity contribution in [2.45, 2.75) is 32.9 Å². The number of benzene rings is 3. The minimum atomic E-state index is -0.156. The number of rotatable bonds is 10. The van der Waals surface area contributed by atoms with E-state index in [0.717, 1.165) is 32.3 Å². The molecule has 1 aromatic heterocycles. The van der Waals surface area contributed by atoms with E-state index in [1.165, 1.54) is 0 Å². The van der Waals surface area contributed by atoms with Crippen LogP contribution in [0.1, 0.15) is 35.3 Å². The van der Waals surface area contributed by atoms with Crippen molar-refractivity contribution in [2.24, 2.45) is 0 Å². The number of H-pyrrole nitrogens is 1. The largest absolute Gasteiger partial charge is 0.497 e. The van der Waals surface area contributed by atoms with Crippen LogP contribution in [0.25, 0.3) is 10.9 Å². The van der Waals surface area contributed by atoms with Crippen LogP contribution in [-0.4, -0.2) is 52.8 Å². The van der Waals surface area contributed by atoms with Gasteiger partial charge in [-0.05, 0) is 73.9 Å². The lowest BCUT2D eigenvalue weighted by atomic mass is 10.1. The molecule has 0 radical (unpaired) electrons. The number of fused-ring (bicyclic) bond motifs is 1. The molecule has 0 bridgehead atoms. The van der Waals surface area contributed by atoms with E-state index in [1.54, 1.807) is 24.1 Å². The average Bonchev–Trinajstić information content (AvgIpc) is 3.33. The molecule has 2 amide bonds.